The fourth-order valence-electron chi connectivity index (χ4n) is 3.51. The highest BCUT2D eigenvalue weighted by molar-refractivity contribution is 7.18. The number of halogens is 4. The predicted octanol–water partition coefficient (Wildman–Crippen LogP) is 5.99. The Bertz CT molecular complexity index is 1030. The molecule has 3 aromatic rings. The number of hydrogen-bond donors (Lipinski definition) is 0. The van der Waals surface area contributed by atoms with Crippen LogP contribution in [0.1, 0.15) is 39.7 Å². The number of likely N-dealkylation sites (tertiary alicyclic amines) is 1. The fraction of sp³-hybridized carbons (Fsp3) is 0.300. The van der Waals surface area contributed by atoms with Crippen LogP contribution in [0.5, 0.6) is 0 Å². The maximum absolute atomic E-state index is 13.2. The molecule has 1 saturated heterocycles. The summed E-state index contributed by atoms with van der Waals surface area (Å²) in [7, 11) is 0. The van der Waals surface area contributed by atoms with Gasteiger partial charge in [0.25, 0.3) is 5.91 Å². The molecule has 0 aliphatic carbocycles. The Kier molecular flexibility index (Phi) is 5.05. The Balaban J connectivity index is 1.49. The van der Waals surface area contributed by atoms with E-state index < -0.39 is 17.6 Å². The van der Waals surface area contributed by atoms with Crippen LogP contribution in [0.4, 0.5) is 13.2 Å². The molecule has 2 aromatic carbocycles. The molecule has 3 nitrogen and oxygen atoms in total. The van der Waals surface area contributed by atoms with Crippen molar-refractivity contribution in [3.8, 4) is 0 Å². The number of hydrogen-bond acceptors (Lipinski definition) is 3. The van der Waals surface area contributed by atoms with Crippen LogP contribution in [0.3, 0.4) is 0 Å². The molecule has 0 spiro atoms. The Morgan fingerprint density at radius 3 is 2.57 bits per heavy atom. The molecule has 28 heavy (non-hydrogen) atoms. The summed E-state index contributed by atoms with van der Waals surface area (Å²) in [6, 6.07) is 10.5. The van der Waals surface area contributed by atoms with Gasteiger partial charge in [0.15, 0.2) is 0 Å². The van der Waals surface area contributed by atoms with Gasteiger partial charge in [-0.15, -0.1) is 11.3 Å². The van der Waals surface area contributed by atoms with Crippen molar-refractivity contribution in [2.75, 3.05) is 13.1 Å². The average molecular weight is 425 g/mol. The van der Waals surface area contributed by atoms with E-state index in [1.165, 1.54) is 23.1 Å². The summed E-state index contributed by atoms with van der Waals surface area (Å²) in [4.78, 5) is 18.8. The van der Waals surface area contributed by atoms with Crippen molar-refractivity contribution in [1.82, 2.24) is 9.88 Å². The molecular formula is C20H16ClF3N2OS. The number of amides is 1. The van der Waals surface area contributed by atoms with E-state index in [1.807, 2.05) is 18.2 Å². The van der Waals surface area contributed by atoms with Crippen LogP contribution < -0.4 is 0 Å². The lowest BCUT2D eigenvalue weighted by atomic mass is 9.96. The minimum Gasteiger partial charge on any atom is -0.339 e. The van der Waals surface area contributed by atoms with Gasteiger partial charge >= 0.3 is 6.18 Å². The molecule has 0 radical (unpaired) electrons. The number of rotatable bonds is 2. The summed E-state index contributed by atoms with van der Waals surface area (Å²) in [6.45, 7) is 0.818. The van der Waals surface area contributed by atoms with Gasteiger partial charge in [-0.1, -0.05) is 23.7 Å². The van der Waals surface area contributed by atoms with Crippen molar-refractivity contribution in [2.45, 2.75) is 24.9 Å². The van der Waals surface area contributed by atoms with Crippen LogP contribution >= 0.6 is 22.9 Å². The summed E-state index contributed by atoms with van der Waals surface area (Å²) in [5, 5.41) is 1.62. The molecule has 0 saturated carbocycles. The molecule has 0 bridgehead atoms. The third kappa shape index (κ3) is 3.73. The topological polar surface area (TPSA) is 33.2 Å². The van der Waals surface area contributed by atoms with E-state index in [1.54, 1.807) is 11.3 Å². The smallest absolute Gasteiger partial charge is 0.339 e. The van der Waals surface area contributed by atoms with Gasteiger partial charge in [-0.2, -0.15) is 13.2 Å². The predicted molar refractivity (Wildman–Crippen MR) is 104 cm³/mol. The molecule has 4 rings (SSSR count). The number of aromatic nitrogens is 1. The summed E-state index contributed by atoms with van der Waals surface area (Å²) < 4.78 is 40.7. The van der Waals surface area contributed by atoms with Gasteiger partial charge in [0.05, 0.1) is 26.4 Å². The van der Waals surface area contributed by atoms with Gasteiger partial charge in [0, 0.05) is 24.0 Å². The van der Waals surface area contributed by atoms with E-state index in [-0.39, 0.29) is 11.5 Å². The maximum atomic E-state index is 13.2. The minimum atomic E-state index is -4.55. The number of piperidine rings is 1. The van der Waals surface area contributed by atoms with Crippen molar-refractivity contribution in [2.24, 2.45) is 0 Å². The van der Waals surface area contributed by atoms with Crippen LogP contribution in [-0.2, 0) is 6.18 Å². The molecule has 1 fully saturated rings. The van der Waals surface area contributed by atoms with Gasteiger partial charge in [0.1, 0.15) is 0 Å². The average Bonchev–Trinajstić information content (AvgIpc) is 3.10. The molecule has 2 heterocycles. The molecule has 1 aliphatic heterocycles. The first-order valence-electron chi connectivity index (χ1n) is 8.84. The largest absolute Gasteiger partial charge is 0.417 e. The Morgan fingerprint density at radius 1 is 1.14 bits per heavy atom. The first kappa shape index (κ1) is 19.2. The number of fused-ring (bicyclic) bond motifs is 1. The van der Waals surface area contributed by atoms with Crippen LogP contribution in [-0.4, -0.2) is 28.9 Å². The normalized spacial score (nSPS) is 15.9. The molecule has 1 aliphatic rings. The summed E-state index contributed by atoms with van der Waals surface area (Å²) in [5.74, 6) is -0.374. The monoisotopic (exact) mass is 424 g/mol. The highest BCUT2D eigenvalue weighted by atomic mass is 35.5. The highest BCUT2D eigenvalue weighted by Gasteiger charge is 2.36. The quantitative estimate of drug-likeness (QED) is 0.506. The van der Waals surface area contributed by atoms with E-state index in [0.29, 0.717) is 31.0 Å². The number of thiazole rings is 1. The second-order valence-electron chi connectivity index (χ2n) is 6.77. The van der Waals surface area contributed by atoms with Gasteiger partial charge in [-0.25, -0.2) is 4.98 Å². The van der Waals surface area contributed by atoms with E-state index in [0.717, 1.165) is 21.3 Å². The highest BCUT2D eigenvalue weighted by Crippen LogP contribution is 2.36. The second kappa shape index (κ2) is 7.37. The van der Waals surface area contributed by atoms with Crippen LogP contribution in [0, 0.1) is 0 Å². The Labute approximate surface area is 168 Å². The third-order valence-corrected chi connectivity index (χ3v) is 6.39. The van der Waals surface area contributed by atoms with E-state index >= 15 is 0 Å². The molecule has 0 N–H and O–H groups in total. The van der Waals surface area contributed by atoms with Gasteiger partial charge in [-0.05, 0) is 43.2 Å². The van der Waals surface area contributed by atoms with E-state index in [9.17, 15) is 18.0 Å². The van der Waals surface area contributed by atoms with Crippen molar-refractivity contribution < 1.29 is 18.0 Å². The maximum Gasteiger partial charge on any atom is 0.417 e. The van der Waals surface area contributed by atoms with Gasteiger partial charge in [-0.3, -0.25) is 4.79 Å². The first-order valence-corrected chi connectivity index (χ1v) is 10.0. The standard InChI is InChI=1S/C20H16ClF3N2OS/c21-13-5-6-17-16(11-13)25-18(28-17)12-7-9-26(10-8-12)19(27)14-3-1-2-4-15(14)20(22,23)24/h1-6,11-12H,7-10H2. The van der Waals surface area contributed by atoms with Crippen LogP contribution in [0.25, 0.3) is 10.2 Å². The zero-order chi connectivity index (χ0) is 19.9. The first-order chi connectivity index (χ1) is 13.3. The number of alkyl halides is 3. The van der Waals surface area contributed by atoms with Crippen molar-refractivity contribution in [3.05, 3.63) is 63.6 Å². The molecule has 1 amide bonds. The van der Waals surface area contributed by atoms with Crippen molar-refractivity contribution in [3.63, 3.8) is 0 Å². The number of carbonyl (C=O) groups is 1. The fourth-order valence-corrected chi connectivity index (χ4v) is 4.79. The molecule has 146 valence electrons. The van der Waals surface area contributed by atoms with E-state index in [2.05, 4.69) is 4.98 Å². The van der Waals surface area contributed by atoms with Gasteiger partial charge in [0.2, 0.25) is 0 Å². The van der Waals surface area contributed by atoms with Crippen molar-refractivity contribution in [1.29, 1.82) is 0 Å². The van der Waals surface area contributed by atoms with E-state index in [4.69, 9.17) is 11.6 Å². The van der Waals surface area contributed by atoms with Gasteiger partial charge < -0.3 is 4.90 Å². The molecule has 0 atom stereocenters. The lowest BCUT2D eigenvalue weighted by Crippen LogP contribution is -2.38. The minimum absolute atomic E-state index is 0.193. The lowest BCUT2D eigenvalue weighted by molar-refractivity contribution is -0.138. The number of benzene rings is 2. The molecule has 8 heteroatoms. The SMILES string of the molecule is O=C(c1ccccc1C(F)(F)F)N1CCC(c2nc3cc(Cl)ccc3s2)CC1. The summed E-state index contributed by atoms with van der Waals surface area (Å²) in [6.07, 6.45) is -3.20. The lowest BCUT2D eigenvalue weighted by Gasteiger charge is -2.31. The molecule has 1 aromatic heterocycles. The number of carbonyl (C=O) groups excluding carboxylic acids is 1. The van der Waals surface area contributed by atoms with Crippen molar-refractivity contribution >= 4 is 39.1 Å². The number of nitrogens with zero attached hydrogens (tertiary/aromatic N) is 2. The summed E-state index contributed by atoms with van der Waals surface area (Å²) >= 11 is 7.61. The zero-order valence-electron chi connectivity index (χ0n) is 14.7. The van der Waals surface area contributed by atoms with Crippen LogP contribution in [0.15, 0.2) is 42.5 Å². The Hall–Kier alpha value is -2.12. The molecule has 0 unspecified atom stereocenters. The second-order valence-corrected chi connectivity index (χ2v) is 8.27. The zero-order valence-corrected chi connectivity index (χ0v) is 16.2. The third-order valence-electron chi connectivity index (χ3n) is 4.96. The Morgan fingerprint density at radius 2 is 1.86 bits per heavy atom. The molecular weight excluding hydrogens is 409 g/mol. The van der Waals surface area contributed by atoms with Crippen LogP contribution in [0.2, 0.25) is 5.02 Å². The summed E-state index contributed by atoms with van der Waals surface area (Å²) in [5.41, 5.74) is -0.321.